The predicted octanol–water partition coefficient (Wildman–Crippen LogP) is 0.0175. The maximum Gasteiger partial charge on any atom is 0.317 e. The number of carboxylic acid groups (broad SMARTS) is 1. The number of aliphatic hydroxyl groups excluding tert-OH is 1. The van der Waals surface area contributed by atoms with Gasteiger partial charge in [-0.05, 0) is 25.7 Å². The Balaban J connectivity index is 1.79. The number of carbonyl (C=O) groups excluding carboxylic acids is 1. The molecule has 17 heavy (non-hydrogen) atoms. The zero-order chi connectivity index (χ0) is 12.5. The van der Waals surface area contributed by atoms with E-state index < -0.39 is 17.5 Å². The number of rotatable bonds is 3. The summed E-state index contributed by atoms with van der Waals surface area (Å²) in [5.41, 5.74) is -0.732. The number of amides is 2. The Morgan fingerprint density at radius 2 is 2.12 bits per heavy atom. The molecule has 3 N–H and O–H groups in total. The highest BCUT2D eigenvalue weighted by molar-refractivity contribution is 5.80. The van der Waals surface area contributed by atoms with Crippen molar-refractivity contribution in [1.29, 1.82) is 0 Å². The molecule has 0 bridgehead atoms. The molecular weight excluding hydrogens is 224 g/mol. The minimum Gasteiger partial charge on any atom is -0.481 e. The van der Waals surface area contributed by atoms with E-state index in [1.54, 1.807) is 4.90 Å². The molecule has 2 aliphatic rings. The van der Waals surface area contributed by atoms with Crippen LogP contribution < -0.4 is 5.32 Å². The number of nitrogens with zero attached hydrogens (tertiary/aromatic N) is 1. The van der Waals surface area contributed by atoms with Gasteiger partial charge >= 0.3 is 12.0 Å². The maximum absolute atomic E-state index is 11.8. The second-order valence-corrected chi connectivity index (χ2v) is 4.99. The molecule has 1 unspecified atom stereocenters. The summed E-state index contributed by atoms with van der Waals surface area (Å²) >= 11 is 0. The van der Waals surface area contributed by atoms with Crippen LogP contribution in [-0.2, 0) is 4.79 Å². The lowest BCUT2D eigenvalue weighted by molar-refractivity contribution is -0.143. The maximum atomic E-state index is 11.8. The predicted molar refractivity (Wildman–Crippen MR) is 59.5 cm³/mol. The van der Waals surface area contributed by atoms with Crippen molar-refractivity contribution in [2.24, 2.45) is 5.41 Å². The smallest absolute Gasteiger partial charge is 0.317 e. The van der Waals surface area contributed by atoms with E-state index in [1.807, 2.05) is 0 Å². The van der Waals surface area contributed by atoms with Crippen LogP contribution in [-0.4, -0.2) is 52.9 Å². The van der Waals surface area contributed by atoms with Gasteiger partial charge in [-0.15, -0.1) is 0 Å². The quantitative estimate of drug-likeness (QED) is 0.650. The van der Waals surface area contributed by atoms with Crippen molar-refractivity contribution in [1.82, 2.24) is 10.2 Å². The van der Waals surface area contributed by atoms with E-state index in [1.165, 1.54) is 0 Å². The van der Waals surface area contributed by atoms with Crippen molar-refractivity contribution in [3.05, 3.63) is 0 Å². The average molecular weight is 242 g/mol. The van der Waals surface area contributed by atoms with Crippen LogP contribution in [0.1, 0.15) is 25.7 Å². The van der Waals surface area contributed by atoms with E-state index in [0.717, 1.165) is 12.8 Å². The number of β-amino-alcohol motifs (C(OH)–C–C–N with tert-alkyl or cyclic N) is 1. The summed E-state index contributed by atoms with van der Waals surface area (Å²) in [6, 6.07) is -0.267. The van der Waals surface area contributed by atoms with Crippen molar-refractivity contribution in [2.45, 2.75) is 31.8 Å². The van der Waals surface area contributed by atoms with E-state index in [9.17, 15) is 14.7 Å². The molecule has 2 rings (SSSR count). The van der Waals surface area contributed by atoms with E-state index in [4.69, 9.17) is 5.11 Å². The Bertz CT molecular complexity index is 327. The lowest BCUT2D eigenvalue weighted by Gasteiger charge is -2.30. The van der Waals surface area contributed by atoms with Crippen molar-refractivity contribution < 1.29 is 19.8 Å². The first-order valence-corrected chi connectivity index (χ1v) is 5.98. The summed E-state index contributed by atoms with van der Waals surface area (Å²) in [6.45, 7) is 1.16. The minimum absolute atomic E-state index is 0.188. The van der Waals surface area contributed by atoms with Gasteiger partial charge in [0.15, 0.2) is 0 Å². The SMILES string of the molecule is O=C(NCC1(C(=O)O)CC1)N1CCCC(O)C1. The number of hydrogen-bond acceptors (Lipinski definition) is 3. The van der Waals surface area contributed by atoms with Gasteiger partial charge in [0, 0.05) is 19.6 Å². The lowest BCUT2D eigenvalue weighted by Crippen LogP contribution is -2.48. The summed E-state index contributed by atoms with van der Waals surface area (Å²) < 4.78 is 0. The van der Waals surface area contributed by atoms with Gasteiger partial charge < -0.3 is 20.4 Å². The summed E-state index contributed by atoms with van der Waals surface area (Å²) in [7, 11) is 0. The van der Waals surface area contributed by atoms with Crippen molar-refractivity contribution >= 4 is 12.0 Å². The summed E-state index contributed by atoms with van der Waals surface area (Å²) in [6.07, 6.45) is 2.32. The molecule has 2 amide bonds. The van der Waals surface area contributed by atoms with E-state index in [2.05, 4.69) is 5.32 Å². The number of aliphatic carboxylic acids is 1. The number of hydrogen-bond donors (Lipinski definition) is 3. The van der Waals surface area contributed by atoms with Crippen LogP contribution in [0.15, 0.2) is 0 Å². The van der Waals surface area contributed by atoms with Crippen LogP contribution in [0.2, 0.25) is 0 Å². The molecule has 1 saturated heterocycles. The number of carboxylic acids is 1. The fourth-order valence-corrected chi connectivity index (χ4v) is 2.11. The van der Waals surface area contributed by atoms with Gasteiger partial charge in [0.2, 0.25) is 0 Å². The van der Waals surface area contributed by atoms with Crippen molar-refractivity contribution in [3.8, 4) is 0 Å². The largest absolute Gasteiger partial charge is 0.481 e. The third-order valence-corrected chi connectivity index (χ3v) is 3.57. The second kappa shape index (κ2) is 4.52. The van der Waals surface area contributed by atoms with Crippen LogP contribution in [0, 0.1) is 5.41 Å². The van der Waals surface area contributed by atoms with E-state index in [-0.39, 0.29) is 12.6 Å². The number of urea groups is 1. The Hall–Kier alpha value is -1.30. The van der Waals surface area contributed by atoms with Gasteiger partial charge in [-0.3, -0.25) is 4.79 Å². The van der Waals surface area contributed by atoms with Crippen molar-refractivity contribution in [3.63, 3.8) is 0 Å². The molecule has 6 nitrogen and oxygen atoms in total. The fraction of sp³-hybridized carbons (Fsp3) is 0.818. The molecule has 0 aromatic carbocycles. The molecule has 1 saturated carbocycles. The lowest BCUT2D eigenvalue weighted by atomic mass is 10.1. The number of aliphatic hydroxyl groups is 1. The third-order valence-electron chi connectivity index (χ3n) is 3.57. The second-order valence-electron chi connectivity index (χ2n) is 4.99. The Morgan fingerprint density at radius 3 is 2.65 bits per heavy atom. The molecule has 6 heteroatoms. The van der Waals surface area contributed by atoms with Gasteiger partial charge in [-0.2, -0.15) is 0 Å². The normalized spacial score (nSPS) is 26.4. The zero-order valence-electron chi connectivity index (χ0n) is 9.69. The topological polar surface area (TPSA) is 89.9 Å². The summed E-state index contributed by atoms with van der Waals surface area (Å²) in [5.74, 6) is -0.837. The summed E-state index contributed by atoms with van der Waals surface area (Å²) in [5, 5.41) is 21.1. The number of piperidine rings is 1. The highest BCUT2D eigenvalue weighted by atomic mass is 16.4. The molecule has 1 atom stereocenters. The van der Waals surface area contributed by atoms with Gasteiger partial charge in [0.1, 0.15) is 0 Å². The molecule has 1 heterocycles. The van der Waals surface area contributed by atoms with Gasteiger partial charge in [0.05, 0.1) is 11.5 Å². The highest BCUT2D eigenvalue weighted by Crippen LogP contribution is 2.45. The molecule has 96 valence electrons. The van der Waals surface area contributed by atoms with Gasteiger partial charge in [0.25, 0.3) is 0 Å². The van der Waals surface area contributed by atoms with Crippen molar-refractivity contribution in [2.75, 3.05) is 19.6 Å². The zero-order valence-corrected chi connectivity index (χ0v) is 9.69. The molecule has 1 aliphatic heterocycles. The van der Waals surface area contributed by atoms with Crippen LogP contribution >= 0.6 is 0 Å². The standard InChI is InChI=1S/C11H18N2O4/c14-8-2-1-5-13(6-8)10(17)12-7-11(3-4-11)9(15)16/h8,14H,1-7H2,(H,12,17)(H,15,16). The molecule has 0 aromatic heterocycles. The van der Waals surface area contributed by atoms with Gasteiger partial charge in [-0.1, -0.05) is 0 Å². The first kappa shape index (κ1) is 12.2. The number of carbonyl (C=O) groups is 2. The van der Waals surface area contributed by atoms with Crippen LogP contribution in [0.4, 0.5) is 4.79 Å². The Morgan fingerprint density at radius 1 is 1.41 bits per heavy atom. The van der Waals surface area contributed by atoms with E-state index >= 15 is 0 Å². The molecule has 0 aromatic rings. The van der Waals surface area contributed by atoms with E-state index in [0.29, 0.717) is 25.9 Å². The molecular formula is C11H18N2O4. The third kappa shape index (κ3) is 2.69. The molecule has 0 radical (unpaired) electrons. The minimum atomic E-state index is -0.837. The molecule has 1 aliphatic carbocycles. The monoisotopic (exact) mass is 242 g/mol. The molecule has 2 fully saturated rings. The number of nitrogens with one attached hydrogen (secondary N) is 1. The van der Waals surface area contributed by atoms with Crippen LogP contribution in [0.25, 0.3) is 0 Å². The first-order valence-electron chi connectivity index (χ1n) is 5.98. The highest BCUT2D eigenvalue weighted by Gasteiger charge is 2.50. The van der Waals surface area contributed by atoms with Gasteiger partial charge in [-0.25, -0.2) is 4.79 Å². The molecule has 0 spiro atoms. The Kier molecular flexibility index (Phi) is 3.24. The number of likely N-dealkylation sites (tertiary alicyclic amines) is 1. The summed E-state index contributed by atoms with van der Waals surface area (Å²) in [4.78, 5) is 24.2. The first-order chi connectivity index (χ1) is 8.03. The Labute approximate surface area is 99.6 Å². The fourth-order valence-electron chi connectivity index (χ4n) is 2.11. The average Bonchev–Trinajstić information content (AvgIpc) is 3.07. The van der Waals surface area contributed by atoms with Crippen LogP contribution in [0.3, 0.4) is 0 Å². The van der Waals surface area contributed by atoms with Crippen LogP contribution in [0.5, 0.6) is 0 Å².